The third-order valence-electron chi connectivity index (χ3n) is 7.54. The van der Waals surface area contributed by atoms with Crippen molar-refractivity contribution in [1.82, 2.24) is 0 Å². The maximum Gasteiger partial charge on any atom is 0.343 e. The molecule has 0 radical (unpaired) electrons. The fourth-order valence-electron chi connectivity index (χ4n) is 5.24. The van der Waals surface area contributed by atoms with Crippen molar-refractivity contribution >= 4 is 39.5 Å². The molecular formula is C40H27NO7. The van der Waals surface area contributed by atoms with E-state index in [1.165, 1.54) is 0 Å². The SMILES string of the molecule is C=CC(=O)OCCOc1ccc(C(=O)Oc2ccc3ccccc3c2-c2c(OC(=O)c3ccc(C#N)cc3)ccc3ccccc23)cc1. The number of rotatable bonds is 10. The number of fused-ring (bicyclic) bond motifs is 2. The molecule has 0 aliphatic carbocycles. The van der Waals surface area contributed by atoms with Crippen LogP contribution in [0.15, 0.2) is 134 Å². The van der Waals surface area contributed by atoms with Gasteiger partial charge in [-0.1, -0.05) is 67.2 Å². The van der Waals surface area contributed by atoms with Gasteiger partial charge in [-0.05, 0) is 82.2 Å². The predicted octanol–water partition coefficient (Wildman–Crippen LogP) is 8.08. The molecular weight excluding hydrogens is 606 g/mol. The van der Waals surface area contributed by atoms with Crippen molar-refractivity contribution in [2.75, 3.05) is 13.2 Å². The summed E-state index contributed by atoms with van der Waals surface area (Å²) in [6.45, 7) is 3.53. The van der Waals surface area contributed by atoms with Gasteiger partial charge in [-0.3, -0.25) is 0 Å². The second-order valence-electron chi connectivity index (χ2n) is 10.5. The Kier molecular flexibility index (Phi) is 9.22. The van der Waals surface area contributed by atoms with Crippen molar-refractivity contribution in [3.8, 4) is 34.4 Å². The van der Waals surface area contributed by atoms with E-state index in [1.54, 1.807) is 60.7 Å². The summed E-state index contributed by atoms with van der Waals surface area (Å²) in [5, 5.41) is 12.5. The van der Waals surface area contributed by atoms with Gasteiger partial charge in [-0.15, -0.1) is 0 Å². The highest BCUT2D eigenvalue weighted by Gasteiger charge is 2.23. The second kappa shape index (κ2) is 14.1. The number of carbonyl (C=O) groups is 3. The first kappa shape index (κ1) is 31.3. The smallest absolute Gasteiger partial charge is 0.343 e. The van der Waals surface area contributed by atoms with Crippen molar-refractivity contribution < 1.29 is 33.3 Å². The first-order valence-electron chi connectivity index (χ1n) is 15.0. The van der Waals surface area contributed by atoms with E-state index in [0.717, 1.165) is 27.6 Å². The number of nitriles is 1. The monoisotopic (exact) mass is 633 g/mol. The van der Waals surface area contributed by atoms with Gasteiger partial charge in [0.05, 0.1) is 22.8 Å². The average Bonchev–Trinajstić information content (AvgIpc) is 3.13. The van der Waals surface area contributed by atoms with E-state index >= 15 is 0 Å². The summed E-state index contributed by atoms with van der Waals surface area (Å²) in [4.78, 5) is 38.1. The van der Waals surface area contributed by atoms with Crippen LogP contribution in [0.3, 0.4) is 0 Å². The Morgan fingerprint density at radius 1 is 0.625 bits per heavy atom. The molecule has 8 heteroatoms. The Labute approximate surface area is 276 Å². The Balaban J connectivity index is 1.37. The summed E-state index contributed by atoms with van der Waals surface area (Å²) in [5.74, 6) is -0.709. The lowest BCUT2D eigenvalue weighted by Gasteiger charge is -2.19. The summed E-state index contributed by atoms with van der Waals surface area (Å²) in [6, 6.07) is 37.2. The lowest BCUT2D eigenvalue weighted by molar-refractivity contribution is -0.138. The van der Waals surface area contributed by atoms with Gasteiger partial charge < -0.3 is 18.9 Å². The topological polar surface area (TPSA) is 112 Å². The molecule has 8 nitrogen and oxygen atoms in total. The van der Waals surface area contributed by atoms with Gasteiger partial charge in [0, 0.05) is 17.2 Å². The molecule has 0 aromatic heterocycles. The van der Waals surface area contributed by atoms with Gasteiger partial charge in [0.2, 0.25) is 0 Å². The van der Waals surface area contributed by atoms with Gasteiger partial charge in [0.25, 0.3) is 0 Å². The zero-order valence-corrected chi connectivity index (χ0v) is 25.6. The molecule has 6 aromatic rings. The van der Waals surface area contributed by atoms with Crippen LogP contribution in [0.2, 0.25) is 0 Å². The third kappa shape index (κ3) is 6.76. The van der Waals surface area contributed by atoms with E-state index < -0.39 is 17.9 Å². The Morgan fingerprint density at radius 3 is 1.62 bits per heavy atom. The van der Waals surface area contributed by atoms with Gasteiger partial charge in [0.15, 0.2) is 0 Å². The van der Waals surface area contributed by atoms with Gasteiger partial charge in [-0.2, -0.15) is 5.26 Å². The van der Waals surface area contributed by atoms with E-state index in [-0.39, 0.29) is 35.8 Å². The summed E-state index contributed by atoms with van der Waals surface area (Å²) >= 11 is 0. The third-order valence-corrected chi connectivity index (χ3v) is 7.54. The molecule has 0 saturated carbocycles. The lowest BCUT2D eigenvalue weighted by atomic mass is 9.92. The first-order valence-corrected chi connectivity index (χ1v) is 15.0. The maximum absolute atomic E-state index is 13.5. The standard InChI is InChI=1S/C40H27NO7/c1-2-36(42)46-24-23-45-31-19-15-30(16-20-31)40(44)48-35-22-18-28-8-4-6-10-33(28)38(35)37-32-9-5-3-7-27(32)17-21-34(37)47-39(43)29-13-11-26(25-41)12-14-29/h2-22H,1,23-24H2. The molecule has 48 heavy (non-hydrogen) atoms. The molecule has 0 bridgehead atoms. The van der Waals surface area contributed by atoms with Crippen LogP contribution in [-0.2, 0) is 9.53 Å². The zero-order valence-electron chi connectivity index (χ0n) is 25.6. The fourth-order valence-corrected chi connectivity index (χ4v) is 5.24. The lowest BCUT2D eigenvalue weighted by Crippen LogP contribution is -2.12. The largest absolute Gasteiger partial charge is 0.490 e. The van der Waals surface area contributed by atoms with Crippen LogP contribution in [0.4, 0.5) is 0 Å². The van der Waals surface area contributed by atoms with Crippen molar-refractivity contribution in [2.24, 2.45) is 0 Å². The summed E-state index contributed by atoms with van der Waals surface area (Å²) in [6.07, 6.45) is 1.08. The molecule has 234 valence electrons. The molecule has 6 aromatic carbocycles. The van der Waals surface area contributed by atoms with Gasteiger partial charge in [0.1, 0.15) is 30.5 Å². The minimum Gasteiger partial charge on any atom is -0.490 e. The van der Waals surface area contributed by atoms with Crippen LogP contribution in [-0.4, -0.2) is 31.1 Å². The first-order chi connectivity index (χ1) is 23.4. The van der Waals surface area contributed by atoms with Crippen molar-refractivity contribution in [3.05, 3.63) is 151 Å². The summed E-state index contributed by atoms with van der Waals surface area (Å²) < 4.78 is 22.6. The van der Waals surface area contributed by atoms with Gasteiger partial charge in [-0.25, -0.2) is 14.4 Å². The Morgan fingerprint density at radius 2 is 1.12 bits per heavy atom. The number of benzene rings is 6. The highest BCUT2D eigenvalue weighted by Crippen LogP contribution is 2.46. The molecule has 0 aliphatic heterocycles. The Hall–Kier alpha value is -6.72. The number of hydrogen-bond donors (Lipinski definition) is 0. The number of carbonyl (C=O) groups excluding carboxylic acids is 3. The molecule has 0 amide bonds. The molecule has 0 fully saturated rings. The molecule has 0 heterocycles. The van der Waals surface area contributed by atoms with Crippen molar-refractivity contribution in [2.45, 2.75) is 0 Å². The predicted molar refractivity (Wildman–Crippen MR) is 181 cm³/mol. The number of ether oxygens (including phenoxy) is 4. The molecule has 0 N–H and O–H groups in total. The molecule has 0 aliphatic rings. The minimum absolute atomic E-state index is 0.0539. The molecule has 0 unspecified atom stereocenters. The molecule has 6 rings (SSSR count). The van der Waals surface area contributed by atoms with Crippen molar-refractivity contribution in [1.29, 1.82) is 5.26 Å². The van der Waals surface area contributed by atoms with Crippen molar-refractivity contribution in [3.63, 3.8) is 0 Å². The molecule has 0 spiro atoms. The number of hydrogen-bond acceptors (Lipinski definition) is 8. The van der Waals surface area contributed by atoms with Crippen LogP contribution in [0.1, 0.15) is 26.3 Å². The average molecular weight is 634 g/mol. The quantitative estimate of drug-likeness (QED) is 0.0644. The van der Waals surface area contributed by atoms with E-state index in [2.05, 4.69) is 6.58 Å². The minimum atomic E-state index is -0.602. The van der Waals surface area contributed by atoms with E-state index in [0.29, 0.717) is 22.4 Å². The zero-order chi connectivity index (χ0) is 33.5. The Bertz CT molecular complexity index is 2210. The maximum atomic E-state index is 13.5. The summed E-state index contributed by atoms with van der Waals surface area (Å²) in [7, 11) is 0. The highest BCUT2D eigenvalue weighted by atomic mass is 16.6. The number of esters is 3. The van der Waals surface area contributed by atoms with E-state index in [9.17, 15) is 14.4 Å². The molecule has 0 saturated heterocycles. The number of nitrogens with zero attached hydrogens (tertiary/aromatic N) is 1. The van der Waals surface area contributed by atoms with E-state index in [1.807, 2.05) is 66.7 Å². The van der Waals surface area contributed by atoms with Crippen LogP contribution in [0.5, 0.6) is 17.2 Å². The summed E-state index contributed by atoms with van der Waals surface area (Å²) in [5.41, 5.74) is 2.15. The van der Waals surface area contributed by atoms with Crippen LogP contribution < -0.4 is 14.2 Å². The van der Waals surface area contributed by atoms with Gasteiger partial charge >= 0.3 is 17.9 Å². The highest BCUT2D eigenvalue weighted by molar-refractivity contribution is 6.11. The van der Waals surface area contributed by atoms with Crippen LogP contribution >= 0.6 is 0 Å². The van der Waals surface area contributed by atoms with Crippen LogP contribution in [0.25, 0.3) is 32.7 Å². The molecule has 0 atom stereocenters. The second-order valence-corrected chi connectivity index (χ2v) is 10.5. The van der Waals surface area contributed by atoms with E-state index in [4.69, 9.17) is 24.2 Å². The van der Waals surface area contributed by atoms with Crippen LogP contribution in [0, 0.1) is 11.3 Å². The fraction of sp³-hybridized carbons (Fsp3) is 0.0500. The normalized spacial score (nSPS) is 10.6.